The van der Waals surface area contributed by atoms with E-state index in [0.717, 1.165) is 27.5 Å². The summed E-state index contributed by atoms with van der Waals surface area (Å²) in [5.41, 5.74) is 1.31. The van der Waals surface area contributed by atoms with E-state index in [1.807, 2.05) is 32.0 Å². The molecule has 2 atom stereocenters. The number of rotatable bonds is 10. The Bertz CT molecular complexity index is 1520. The number of hydrogen-bond acceptors (Lipinski definition) is 3. The molecule has 0 aliphatic rings. The fourth-order valence-electron chi connectivity index (χ4n) is 5.32. The van der Waals surface area contributed by atoms with Crippen LogP contribution >= 0.6 is 0 Å². The number of benzene rings is 2. The van der Waals surface area contributed by atoms with Gasteiger partial charge in [0.2, 0.25) is 5.91 Å². The van der Waals surface area contributed by atoms with Gasteiger partial charge in [0.05, 0.1) is 18.0 Å². The van der Waals surface area contributed by atoms with Gasteiger partial charge in [0.15, 0.2) is 0 Å². The summed E-state index contributed by atoms with van der Waals surface area (Å²) in [5.74, 6) is -2.94. The van der Waals surface area contributed by atoms with E-state index in [1.54, 1.807) is 26.8 Å². The Labute approximate surface area is 242 Å². The molecule has 3 aromatic rings. The van der Waals surface area contributed by atoms with Gasteiger partial charge in [-0.1, -0.05) is 39.0 Å². The smallest absolute Gasteiger partial charge is 0.416 e. The van der Waals surface area contributed by atoms with E-state index in [4.69, 9.17) is 0 Å². The van der Waals surface area contributed by atoms with E-state index < -0.39 is 53.5 Å². The van der Waals surface area contributed by atoms with Crippen LogP contribution < -0.4 is 10.9 Å². The molecule has 0 aliphatic heterocycles. The molecule has 0 bridgehead atoms. The Kier molecular flexibility index (Phi) is 10.0. The number of amides is 1. The second-order valence-electron chi connectivity index (χ2n) is 11.1. The monoisotopic (exact) mass is 588 g/mol. The highest BCUT2D eigenvalue weighted by Gasteiger charge is 2.35. The zero-order valence-electron chi connectivity index (χ0n) is 24.5. The number of aromatic nitrogens is 1. The minimum Gasteiger partial charge on any atom is -0.481 e. The van der Waals surface area contributed by atoms with Crippen molar-refractivity contribution in [3.8, 4) is 11.1 Å². The van der Waals surface area contributed by atoms with Crippen LogP contribution in [0, 0.1) is 32.5 Å². The Balaban J connectivity index is 2.13. The number of pyridine rings is 1. The van der Waals surface area contributed by atoms with Crippen LogP contribution in [-0.4, -0.2) is 21.6 Å². The zero-order valence-corrected chi connectivity index (χ0v) is 24.5. The first-order valence-electron chi connectivity index (χ1n) is 13.8. The van der Waals surface area contributed by atoms with E-state index in [9.17, 15) is 32.7 Å². The number of carbonyl (C=O) groups is 2. The molecule has 1 heterocycles. The largest absolute Gasteiger partial charge is 0.481 e. The van der Waals surface area contributed by atoms with Gasteiger partial charge in [0.1, 0.15) is 11.9 Å². The lowest BCUT2D eigenvalue weighted by atomic mass is 9.90. The van der Waals surface area contributed by atoms with Crippen LogP contribution in [0.2, 0.25) is 0 Å². The third-order valence-electron chi connectivity index (χ3n) is 7.31. The van der Waals surface area contributed by atoms with Crippen molar-refractivity contribution in [3.63, 3.8) is 0 Å². The Hall–Kier alpha value is -3.95. The lowest BCUT2D eigenvalue weighted by Crippen LogP contribution is -2.40. The SMILES string of the molecule is CCc1cn(C(CC(C)C)C(=O)N[C@@H](CC(=O)O)c2cc(-c3c(C)cccc3C)cc(C)c2F)c(=O)cc1C(F)(F)F. The molecule has 1 aromatic heterocycles. The van der Waals surface area contributed by atoms with Gasteiger partial charge < -0.3 is 15.0 Å². The topological polar surface area (TPSA) is 88.4 Å². The Morgan fingerprint density at radius 3 is 2.17 bits per heavy atom. The van der Waals surface area contributed by atoms with Crippen LogP contribution in [-0.2, 0) is 22.2 Å². The summed E-state index contributed by atoms with van der Waals surface area (Å²) in [6.45, 7) is 10.4. The maximum Gasteiger partial charge on any atom is 0.416 e. The molecule has 0 radical (unpaired) electrons. The Morgan fingerprint density at radius 2 is 1.64 bits per heavy atom. The normalized spacial score (nSPS) is 13.2. The molecule has 1 unspecified atom stereocenters. The molecular formula is C32H36F4N2O4. The summed E-state index contributed by atoms with van der Waals surface area (Å²) in [4.78, 5) is 38.5. The number of carboxylic acids is 1. The molecular weight excluding hydrogens is 552 g/mol. The summed E-state index contributed by atoms with van der Waals surface area (Å²) >= 11 is 0. The number of hydrogen-bond donors (Lipinski definition) is 2. The summed E-state index contributed by atoms with van der Waals surface area (Å²) < 4.78 is 57.2. The molecule has 10 heteroatoms. The van der Waals surface area contributed by atoms with Crippen LogP contribution in [0.15, 0.2) is 47.4 Å². The van der Waals surface area contributed by atoms with E-state index in [1.165, 1.54) is 13.0 Å². The second kappa shape index (κ2) is 12.9. The molecule has 2 N–H and O–H groups in total. The minimum atomic E-state index is -4.75. The van der Waals surface area contributed by atoms with E-state index in [2.05, 4.69) is 5.32 Å². The fraction of sp³-hybridized carbons (Fsp3) is 0.406. The highest BCUT2D eigenvalue weighted by molar-refractivity contribution is 5.82. The van der Waals surface area contributed by atoms with Crippen molar-refractivity contribution in [1.29, 1.82) is 0 Å². The highest BCUT2D eigenvalue weighted by atomic mass is 19.4. The second-order valence-corrected chi connectivity index (χ2v) is 11.1. The first kappa shape index (κ1) is 32.6. The van der Waals surface area contributed by atoms with Crippen molar-refractivity contribution in [2.24, 2.45) is 5.92 Å². The standard InChI is InChI=1S/C32H36F4N2O4/c1-7-21-16-38(27(39)14-24(21)32(34,35)36)26(11-17(2)3)31(42)37-25(15-28(40)41)23-13-22(12-20(6)30(23)33)29-18(4)9-8-10-19(29)5/h8-10,12-14,16-17,25-26H,7,11,15H2,1-6H3,(H,37,42)(H,40,41)/t25-,26?/m0/s1. The summed E-state index contributed by atoms with van der Waals surface area (Å²) in [6, 6.07) is 6.77. The number of halogens is 4. The number of aliphatic carboxylic acids is 1. The molecule has 0 aliphatic carbocycles. The predicted octanol–water partition coefficient (Wildman–Crippen LogP) is 7.08. The summed E-state index contributed by atoms with van der Waals surface area (Å²) in [5, 5.41) is 12.3. The fourth-order valence-corrected chi connectivity index (χ4v) is 5.32. The van der Waals surface area contributed by atoms with Crippen molar-refractivity contribution < 1.29 is 32.3 Å². The van der Waals surface area contributed by atoms with Gasteiger partial charge in [-0.2, -0.15) is 13.2 Å². The average molecular weight is 589 g/mol. The van der Waals surface area contributed by atoms with Crippen LogP contribution in [0.5, 0.6) is 0 Å². The third-order valence-corrected chi connectivity index (χ3v) is 7.31. The quantitative estimate of drug-likeness (QED) is 0.248. The first-order chi connectivity index (χ1) is 19.5. The lowest BCUT2D eigenvalue weighted by molar-refractivity contribution is -0.139. The molecule has 0 saturated carbocycles. The number of alkyl halides is 3. The number of carbonyl (C=O) groups excluding carboxylic acids is 1. The van der Waals surface area contributed by atoms with Crippen molar-refractivity contribution in [2.75, 3.05) is 0 Å². The summed E-state index contributed by atoms with van der Waals surface area (Å²) in [7, 11) is 0. The van der Waals surface area contributed by atoms with Crippen molar-refractivity contribution in [3.05, 3.63) is 92.1 Å². The number of nitrogens with one attached hydrogen (secondary N) is 1. The first-order valence-corrected chi connectivity index (χ1v) is 13.8. The van der Waals surface area contributed by atoms with Gasteiger partial charge in [-0.05, 0) is 85.0 Å². The molecule has 0 spiro atoms. The highest BCUT2D eigenvalue weighted by Crippen LogP contribution is 2.34. The van der Waals surface area contributed by atoms with E-state index in [0.29, 0.717) is 11.6 Å². The Morgan fingerprint density at radius 1 is 1.02 bits per heavy atom. The van der Waals surface area contributed by atoms with Gasteiger partial charge in [-0.3, -0.25) is 14.4 Å². The van der Waals surface area contributed by atoms with Crippen LogP contribution in [0.4, 0.5) is 17.6 Å². The van der Waals surface area contributed by atoms with Crippen molar-refractivity contribution in [1.82, 2.24) is 9.88 Å². The number of carboxylic acid groups (broad SMARTS) is 1. The van der Waals surface area contributed by atoms with Gasteiger partial charge in [0.25, 0.3) is 5.56 Å². The van der Waals surface area contributed by atoms with Crippen molar-refractivity contribution in [2.45, 2.75) is 79.1 Å². The lowest BCUT2D eigenvalue weighted by Gasteiger charge is -2.26. The van der Waals surface area contributed by atoms with E-state index in [-0.39, 0.29) is 35.4 Å². The average Bonchev–Trinajstić information content (AvgIpc) is 2.87. The maximum atomic E-state index is 15.6. The molecule has 42 heavy (non-hydrogen) atoms. The molecule has 226 valence electrons. The van der Waals surface area contributed by atoms with Gasteiger partial charge >= 0.3 is 12.1 Å². The predicted molar refractivity (Wildman–Crippen MR) is 153 cm³/mol. The number of aryl methyl sites for hydroxylation is 4. The summed E-state index contributed by atoms with van der Waals surface area (Å²) in [6.07, 6.45) is -4.33. The van der Waals surface area contributed by atoms with Gasteiger partial charge in [-0.15, -0.1) is 0 Å². The molecule has 0 saturated heterocycles. The third kappa shape index (κ3) is 7.27. The molecule has 1 amide bonds. The molecule has 3 rings (SSSR count). The molecule has 2 aromatic carbocycles. The van der Waals surface area contributed by atoms with E-state index >= 15 is 4.39 Å². The van der Waals surface area contributed by atoms with Gasteiger partial charge in [-0.25, -0.2) is 4.39 Å². The van der Waals surface area contributed by atoms with Crippen LogP contribution in [0.3, 0.4) is 0 Å². The van der Waals surface area contributed by atoms with Gasteiger partial charge in [0, 0.05) is 17.8 Å². The minimum absolute atomic E-state index is 0.0393. The maximum absolute atomic E-state index is 15.6. The number of nitrogens with zero attached hydrogens (tertiary/aromatic N) is 1. The van der Waals surface area contributed by atoms with Crippen LogP contribution in [0.1, 0.15) is 79.1 Å². The van der Waals surface area contributed by atoms with Crippen LogP contribution in [0.25, 0.3) is 11.1 Å². The zero-order chi connectivity index (χ0) is 31.5. The molecule has 0 fully saturated rings. The van der Waals surface area contributed by atoms with Crippen molar-refractivity contribution >= 4 is 11.9 Å². The molecule has 6 nitrogen and oxygen atoms in total.